The van der Waals surface area contributed by atoms with E-state index < -0.39 is 0 Å². The molecule has 2 N–H and O–H groups in total. The van der Waals surface area contributed by atoms with Gasteiger partial charge in [0.25, 0.3) is 5.91 Å². The highest BCUT2D eigenvalue weighted by Crippen LogP contribution is 2.19. The summed E-state index contributed by atoms with van der Waals surface area (Å²) in [5, 5.41) is 2.99. The molecule has 1 aliphatic rings. The number of carbonyl (C=O) groups is 1. The third-order valence-corrected chi connectivity index (χ3v) is 5.16. The number of methoxy groups -OCH3 is 1. The van der Waals surface area contributed by atoms with Crippen LogP contribution in [0.5, 0.6) is 5.75 Å². The lowest BCUT2D eigenvalue weighted by molar-refractivity contribution is -0.918. The van der Waals surface area contributed by atoms with E-state index >= 15 is 0 Å². The molecule has 4 nitrogen and oxygen atoms in total. The van der Waals surface area contributed by atoms with E-state index in [1.807, 2.05) is 19.1 Å². The number of hydrogen-bond acceptors (Lipinski definition) is 2. The predicted octanol–water partition coefficient (Wildman–Crippen LogP) is 2.50. The molecule has 0 aliphatic carbocycles. The second kappa shape index (κ2) is 8.86. The smallest absolute Gasteiger partial charge is 0.251 e. The molecule has 1 fully saturated rings. The Balaban J connectivity index is 1.53. The Hall–Kier alpha value is -2.33. The van der Waals surface area contributed by atoms with Crippen LogP contribution < -0.4 is 15.0 Å². The molecular formula is C22H29N2O2+. The Morgan fingerprint density at radius 1 is 1.04 bits per heavy atom. The van der Waals surface area contributed by atoms with Gasteiger partial charge in [-0.2, -0.15) is 0 Å². The fourth-order valence-electron chi connectivity index (χ4n) is 3.54. The summed E-state index contributed by atoms with van der Waals surface area (Å²) in [5.74, 6) is 0.660. The molecule has 1 heterocycles. The van der Waals surface area contributed by atoms with Crippen molar-refractivity contribution in [3.63, 3.8) is 0 Å². The van der Waals surface area contributed by atoms with Crippen molar-refractivity contribution in [1.82, 2.24) is 5.32 Å². The van der Waals surface area contributed by atoms with Gasteiger partial charge in [-0.15, -0.1) is 0 Å². The minimum Gasteiger partial charge on any atom is -0.496 e. The van der Waals surface area contributed by atoms with Crippen molar-refractivity contribution in [2.24, 2.45) is 0 Å². The van der Waals surface area contributed by atoms with Crippen LogP contribution in [0.4, 0.5) is 0 Å². The van der Waals surface area contributed by atoms with Crippen LogP contribution in [0.1, 0.15) is 46.3 Å². The molecule has 26 heavy (non-hydrogen) atoms. The molecule has 0 bridgehead atoms. The van der Waals surface area contributed by atoms with Gasteiger partial charge in [0, 0.05) is 17.7 Å². The number of hydrogen-bond donors (Lipinski definition) is 2. The largest absolute Gasteiger partial charge is 0.496 e. The summed E-state index contributed by atoms with van der Waals surface area (Å²) in [4.78, 5) is 14.0. The van der Waals surface area contributed by atoms with Gasteiger partial charge in [-0.25, -0.2) is 0 Å². The van der Waals surface area contributed by atoms with Gasteiger partial charge in [-0.05, 0) is 49.4 Å². The van der Waals surface area contributed by atoms with Crippen molar-refractivity contribution in [3.8, 4) is 5.75 Å². The van der Waals surface area contributed by atoms with Crippen LogP contribution in [0.25, 0.3) is 0 Å². The number of amides is 1. The highest BCUT2D eigenvalue weighted by atomic mass is 16.5. The third kappa shape index (κ3) is 4.85. The number of nitrogens with one attached hydrogen (secondary N) is 2. The van der Waals surface area contributed by atoms with E-state index in [1.165, 1.54) is 37.9 Å². The maximum absolute atomic E-state index is 12.4. The zero-order valence-corrected chi connectivity index (χ0v) is 15.8. The normalized spacial score (nSPS) is 14.8. The highest BCUT2D eigenvalue weighted by molar-refractivity contribution is 5.94. The Kier molecular flexibility index (Phi) is 6.29. The number of benzene rings is 2. The maximum Gasteiger partial charge on any atom is 0.251 e. The highest BCUT2D eigenvalue weighted by Gasteiger charge is 2.13. The molecule has 0 aromatic heterocycles. The second-order valence-electron chi connectivity index (χ2n) is 7.17. The van der Waals surface area contributed by atoms with E-state index in [4.69, 9.17) is 4.74 Å². The van der Waals surface area contributed by atoms with Crippen LogP contribution in [0.3, 0.4) is 0 Å². The predicted molar refractivity (Wildman–Crippen MR) is 104 cm³/mol. The first-order valence-electron chi connectivity index (χ1n) is 9.50. The molecule has 0 atom stereocenters. The number of piperidine rings is 1. The van der Waals surface area contributed by atoms with E-state index in [9.17, 15) is 4.79 Å². The molecule has 1 saturated heterocycles. The van der Waals surface area contributed by atoms with Crippen molar-refractivity contribution in [2.75, 3.05) is 20.2 Å². The lowest BCUT2D eigenvalue weighted by atomic mass is 10.1. The van der Waals surface area contributed by atoms with E-state index in [1.54, 1.807) is 18.1 Å². The molecule has 2 aromatic rings. The minimum absolute atomic E-state index is 0.0786. The van der Waals surface area contributed by atoms with Crippen molar-refractivity contribution < 1.29 is 14.4 Å². The van der Waals surface area contributed by atoms with E-state index in [2.05, 4.69) is 29.6 Å². The zero-order valence-electron chi connectivity index (χ0n) is 15.8. The summed E-state index contributed by atoms with van der Waals surface area (Å²) in [5.41, 5.74) is 4.14. The Bertz CT molecular complexity index is 734. The van der Waals surface area contributed by atoms with Gasteiger partial charge in [-0.3, -0.25) is 4.79 Å². The molecule has 138 valence electrons. The summed E-state index contributed by atoms with van der Waals surface area (Å²) in [6, 6.07) is 14.2. The lowest BCUT2D eigenvalue weighted by Crippen LogP contribution is -3.11. The molecule has 3 rings (SSSR count). The van der Waals surface area contributed by atoms with Crippen LogP contribution in [-0.2, 0) is 13.1 Å². The van der Waals surface area contributed by atoms with Crippen LogP contribution in [-0.4, -0.2) is 26.1 Å². The molecule has 0 saturated carbocycles. The molecule has 0 spiro atoms. The first kappa shape index (κ1) is 18.5. The zero-order chi connectivity index (χ0) is 18.4. The first-order chi connectivity index (χ1) is 12.7. The first-order valence-corrected chi connectivity index (χ1v) is 9.50. The van der Waals surface area contributed by atoms with Gasteiger partial charge in [-0.1, -0.05) is 30.3 Å². The van der Waals surface area contributed by atoms with Crippen molar-refractivity contribution in [2.45, 2.75) is 39.3 Å². The number of carbonyl (C=O) groups excluding carboxylic acids is 1. The summed E-state index contributed by atoms with van der Waals surface area (Å²) < 4.78 is 5.29. The van der Waals surface area contributed by atoms with Crippen molar-refractivity contribution >= 4 is 5.91 Å². The number of rotatable bonds is 6. The average Bonchev–Trinajstić information content (AvgIpc) is 2.68. The van der Waals surface area contributed by atoms with Gasteiger partial charge < -0.3 is 15.0 Å². The molecule has 1 aliphatic heterocycles. The quantitative estimate of drug-likeness (QED) is 0.838. The van der Waals surface area contributed by atoms with Gasteiger partial charge in [0.1, 0.15) is 12.3 Å². The average molecular weight is 353 g/mol. The summed E-state index contributed by atoms with van der Waals surface area (Å²) in [6.45, 7) is 6.19. The van der Waals surface area contributed by atoms with Gasteiger partial charge >= 0.3 is 0 Å². The topological polar surface area (TPSA) is 42.8 Å². The molecule has 0 radical (unpaired) electrons. The Labute approximate surface area is 156 Å². The number of likely N-dealkylation sites (tertiary alicyclic amines) is 1. The molecule has 0 unspecified atom stereocenters. The standard InChI is InChI=1S/C22H28N2O2/c1-17-6-11-20(14-21(17)26-2)22(25)23-15-18-7-9-19(10-8-18)16-24-12-4-3-5-13-24/h6-11,14H,3-5,12-13,15-16H2,1-2H3,(H,23,25)/p+1. The number of quaternary nitrogens is 1. The molecule has 4 heteroatoms. The fourth-order valence-corrected chi connectivity index (χ4v) is 3.54. The van der Waals surface area contributed by atoms with E-state index in [0.29, 0.717) is 12.1 Å². The number of aryl methyl sites for hydroxylation is 1. The Morgan fingerprint density at radius 2 is 1.73 bits per heavy atom. The van der Waals surface area contributed by atoms with Gasteiger partial charge in [0.15, 0.2) is 0 Å². The molecular weight excluding hydrogens is 324 g/mol. The summed E-state index contributed by atoms with van der Waals surface area (Å²) in [7, 11) is 1.62. The maximum atomic E-state index is 12.4. The van der Waals surface area contributed by atoms with Gasteiger partial charge in [0.2, 0.25) is 0 Å². The van der Waals surface area contributed by atoms with E-state index in [0.717, 1.165) is 23.4 Å². The lowest BCUT2D eigenvalue weighted by Gasteiger charge is -2.23. The van der Waals surface area contributed by atoms with Crippen molar-refractivity contribution in [3.05, 3.63) is 64.7 Å². The summed E-state index contributed by atoms with van der Waals surface area (Å²) in [6.07, 6.45) is 4.08. The van der Waals surface area contributed by atoms with E-state index in [-0.39, 0.29) is 5.91 Å². The minimum atomic E-state index is -0.0786. The molecule has 1 amide bonds. The fraction of sp³-hybridized carbons (Fsp3) is 0.409. The van der Waals surface area contributed by atoms with Gasteiger partial charge in [0.05, 0.1) is 20.2 Å². The van der Waals surface area contributed by atoms with Crippen LogP contribution in [0.15, 0.2) is 42.5 Å². The van der Waals surface area contributed by atoms with Crippen LogP contribution in [0.2, 0.25) is 0 Å². The monoisotopic (exact) mass is 353 g/mol. The summed E-state index contributed by atoms with van der Waals surface area (Å²) >= 11 is 0. The number of ether oxygens (including phenoxy) is 1. The van der Waals surface area contributed by atoms with Crippen LogP contribution >= 0.6 is 0 Å². The SMILES string of the molecule is COc1cc(C(=O)NCc2ccc(C[NH+]3CCCCC3)cc2)ccc1C. The van der Waals surface area contributed by atoms with Crippen LogP contribution in [0, 0.1) is 6.92 Å². The molecule has 2 aromatic carbocycles. The van der Waals surface area contributed by atoms with Crippen molar-refractivity contribution in [1.29, 1.82) is 0 Å². The third-order valence-electron chi connectivity index (χ3n) is 5.16. The second-order valence-corrected chi connectivity index (χ2v) is 7.17. The Morgan fingerprint density at radius 3 is 2.42 bits per heavy atom.